The predicted molar refractivity (Wildman–Crippen MR) is 96.9 cm³/mol. The van der Waals surface area contributed by atoms with Crippen LogP contribution in [0.25, 0.3) is 11.0 Å². The number of benzene rings is 1. The molecule has 5 N–H and O–H groups in total. The molecule has 8 heteroatoms. The molecule has 0 spiro atoms. The molecule has 124 valence electrons. The van der Waals surface area contributed by atoms with Crippen LogP contribution in [0.2, 0.25) is 0 Å². The second kappa shape index (κ2) is 6.71. The van der Waals surface area contributed by atoms with Crippen molar-refractivity contribution in [2.45, 2.75) is 19.8 Å². The van der Waals surface area contributed by atoms with E-state index in [0.717, 1.165) is 29.6 Å². The zero-order valence-electron chi connectivity index (χ0n) is 13.2. The number of fused-ring (bicyclic) bond motifs is 1. The fourth-order valence-corrected chi connectivity index (χ4v) is 3.12. The number of aromatic nitrogens is 3. The Morgan fingerprint density at radius 2 is 2.17 bits per heavy atom. The summed E-state index contributed by atoms with van der Waals surface area (Å²) in [4.78, 5) is 23.0. The Morgan fingerprint density at radius 1 is 1.33 bits per heavy atom. The van der Waals surface area contributed by atoms with E-state index in [4.69, 9.17) is 5.73 Å². The maximum atomic E-state index is 11.0. The molecule has 1 aromatic carbocycles. The maximum Gasteiger partial charge on any atom is 0.223 e. The standard InChI is InChI=1S/C16H18N6OS/c1-9(17)18-15-21-13-6-4-11(7-14(13)22-15)3-5-12-8-24-16(20-12)19-10(2)23/h4,6-8H,1,3,5,17H2,2H3,(H2,18,21,22)(H,19,20,23). The van der Waals surface area contributed by atoms with E-state index in [-0.39, 0.29) is 5.91 Å². The van der Waals surface area contributed by atoms with Gasteiger partial charge in [0.25, 0.3) is 0 Å². The van der Waals surface area contributed by atoms with Crippen molar-refractivity contribution in [3.63, 3.8) is 0 Å². The molecule has 0 radical (unpaired) electrons. The molecule has 0 unspecified atom stereocenters. The lowest BCUT2D eigenvalue weighted by molar-refractivity contribution is -0.114. The third-order valence-corrected chi connectivity index (χ3v) is 4.14. The Kier molecular flexibility index (Phi) is 4.48. The summed E-state index contributed by atoms with van der Waals surface area (Å²) in [7, 11) is 0. The lowest BCUT2D eigenvalue weighted by atomic mass is 10.1. The van der Waals surface area contributed by atoms with E-state index in [1.807, 2.05) is 17.5 Å². The van der Waals surface area contributed by atoms with Crippen molar-refractivity contribution in [1.29, 1.82) is 0 Å². The summed E-state index contributed by atoms with van der Waals surface area (Å²) >= 11 is 1.44. The average molecular weight is 342 g/mol. The average Bonchev–Trinajstić information content (AvgIpc) is 3.09. The highest BCUT2D eigenvalue weighted by molar-refractivity contribution is 7.13. The Morgan fingerprint density at radius 3 is 2.92 bits per heavy atom. The number of anilines is 2. The Bertz CT molecular complexity index is 897. The van der Waals surface area contributed by atoms with Crippen LogP contribution in [0.5, 0.6) is 0 Å². The smallest absolute Gasteiger partial charge is 0.223 e. The van der Waals surface area contributed by atoms with Crippen molar-refractivity contribution < 1.29 is 4.79 Å². The highest BCUT2D eigenvalue weighted by atomic mass is 32.1. The van der Waals surface area contributed by atoms with E-state index in [1.165, 1.54) is 23.8 Å². The minimum Gasteiger partial charge on any atom is -0.386 e. The molecule has 3 rings (SSSR count). The molecule has 0 aliphatic rings. The van der Waals surface area contributed by atoms with Crippen molar-refractivity contribution in [3.05, 3.63) is 47.2 Å². The lowest BCUT2D eigenvalue weighted by Gasteiger charge is -2.00. The highest BCUT2D eigenvalue weighted by Crippen LogP contribution is 2.20. The van der Waals surface area contributed by atoms with Gasteiger partial charge in [0.2, 0.25) is 11.9 Å². The first-order chi connectivity index (χ1) is 11.5. The van der Waals surface area contributed by atoms with Gasteiger partial charge in [0.1, 0.15) is 0 Å². The molecule has 3 aromatic rings. The quantitative estimate of drug-likeness (QED) is 0.550. The summed E-state index contributed by atoms with van der Waals surface area (Å²) < 4.78 is 0. The van der Waals surface area contributed by atoms with E-state index < -0.39 is 0 Å². The Labute approximate surface area is 143 Å². The molecule has 1 amide bonds. The van der Waals surface area contributed by atoms with E-state index >= 15 is 0 Å². The number of H-pyrrole nitrogens is 1. The fourth-order valence-electron chi connectivity index (χ4n) is 2.33. The van der Waals surface area contributed by atoms with Gasteiger partial charge in [0.05, 0.1) is 22.5 Å². The number of aryl methyl sites for hydroxylation is 2. The number of hydrogen-bond acceptors (Lipinski definition) is 6. The Balaban J connectivity index is 1.67. The normalized spacial score (nSPS) is 10.7. The molecular formula is C16H18N6OS. The molecule has 0 atom stereocenters. The molecule has 0 saturated carbocycles. The van der Waals surface area contributed by atoms with Crippen molar-refractivity contribution >= 4 is 39.4 Å². The number of nitrogens with zero attached hydrogens (tertiary/aromatic N) is 2. The van der Waals surface area contributed by atoms with Crippen molar-refractivity contribution in [2.24, 2.45) is 5.73 Å². The highest BCUT2D eigenvalue weighted by Gasteiger charge is 2.06. The van der Waals surface area contributed by atoms with Crippen LogP contribution in [0.1, 0.15) is 18.2 Å². The molecule has 2 aromatic heterocycles. The number of nitrogens with two attached hydrogens (primary N) is 1. The van der Waals surface area contributed by atoms with Crippen LogP contribution in [0, 0.1) is 0 Å². The summed E-state index contributed by atoms with van der Waals surface area (Å²) in [5, 5.41) is 8.17. The first kappa shape index (κ1) is 16.0. The van der Waals surface area contributed by atoms with Crippen LogP contribution >= 0.6 is 11.3 Å². The summed E-state index contributed by atoms with van der Waals surface area (Å²) in [5.74, 6) is 0.812. The monoisotopic (exact) mass is 342 g/mol. The summed E-state index contributed by atoms with van der Waals surface area (Å²) in [6.07, 6.45) is 1.66. The van der Waals surface area contributed by atoms with Gasteiger partial charge < -0.3 is 21.4 Å². The number of nitrogens with one attached hydrogen (secondary N) is 3. The summed E-state index contributed by atoms with van der Waals surface area (Å²) in [6.45, 7) is 5.07. The number of carbonyl (C=O) groups excluding carboxylic acids is 1. The van der Waals surface area contributed by atoms with Gasteiger partial charge in [0.15, 0.2) is 5.13 Å². The van der Waals surface area contributed by atoms with Gasteiger partial charge in [-0.2, -0.15) is 0 Å². The van der Waals surface area contributed by atoms with Crippen LogP contribution in [0.15, 0.2) is 36.0 Å². The zero-order chi connectivity index (χ0) is 17.1. The molecule has 2 heterocycles. The number of carbonyl (C=O) groups is 1. The van der Waals surface area contributed by atoms with Crippen molar-refractivity contribution in [3.8, 4) is 0 Å². The van der Waals surface area contributed by atoms with Crippen molar-refractivity contribution in [2.75, 3.05) is 10.6 Å². The van der Waals surface area contributed by atoms with Gasteiger partial charge in [0, 0.05) is 12.3 Å². The summed E-state index contributed by atoms with van der Waals surface area (Å²) in [6, 6.07) is 6.08. The zero-order valence-corrected chi connectivity index (χ0v) is 14.0. The second-order valence-electron chi connectivity index (χ2n) is 5.41. The van der Waals surface area contributed by atoms with Gasteiger partial charge in [-0.05, 0) is 30.5 Å². The third-order valence-electron chi connectivity index (χ3n) is 3.33. The first-order valence-corrected chi connectivity index (χ1v) is 8.29. The largest absolute Gasteiger partial charge is 0.386 e. The van der Waals surface area contributed by atoms with Gasteiger partial charge >= 0.3 is 0 Å². The molecule has 0 saturated heterocycles. The van der Waals surface area contributed by atoms with Crippen molar-refractivity contribution in [1.82, 2.24) is 15.0 Å². The predicted octanol–water partition coefficient (Wildman–Crippen LogP) is 2.60. The second-order valence-corrected chi connectivity index (χ2v) is 6.27. The summed E-state index contributed by atoms with van der Waals surface area (Å²) in [5.41, 5.74) is 9.47. The van der Waals surface area contributed by atoms with Crippen LogP contribution in [0.3, 0.4) is 0 Å². The minimum atomic E-state index is -0.106. The van der Waals surface area contributed by atoms with E-state index in [2.05, 4.69) is 38.2 Å². The van der Waals surface area contributed by atoms with Gasteiger partial charge in [-0.1, -0.05) is 12.6 Å². The molecule has 7 nitrogen and oxygen atoms in total. The number of rotatable bonds is 6. The van der Waals surface area contributed by atoms with E-state index in [9.17, 15) is 4.79 Å². The van der Waals surface area contributed by atoms with Crippen LogP contribution < -0.4 is 16.4 Å². The third kappa shape index (κ3) is 3.90. The molecule has 0 aliphatic heterocycles. The molecule has 0 fully saturated rings. The number of aromatic amines is 1. The van der Waals surface area contributed by atoms with Gasteiger partial charge in [-0.15, -0.1) is 11.3 Å². The van der Waals surface area contributed by atoms with Crippen LogP contribution in [-0.2, 0) is 17.6 Å². The van der Waals surface area contributed by atoms with Crippen LogP contribution in [0.4, 0.5) is 11.1 Å². The van der Waals surface area contributed by atoms with Crippen LogP contribution in [-0.4, -0.2) is 20.9 Å². The first-order valence-electron chi connectivity index (χ1n) is 7.41. The maximum absolute atomic E-state index is 11.0. The number of thiazole rings is 1. The Hall–Kier alpha value is -2.87. The number of imidazole rings is 1. The number of hydrogen-bond donors (Lipinski definition) is 4. The fraction of sp³-hybridized carbons (Fsp3) is 0.188. The number of amides is 1. The minimum absolute atomic E-state index is 0.106. The molecule has 24 heavy (non-hydrogen) atoms. The topological polar surface area (TPSA) is 109 Å². The van der Waals surface area contributed by atoms with E-state index in [1.54, 1.807) is 0 Å². The molecule has 0 aliphatic carbocycles. The molecular weight excluding hydrogens is 324 g/mol. The van der Waals surface area contributed by atoms with Gasteiger partial charge in [-0.25, -0.2) is 9.97 Å². The lowest BCUT2D eigenvalue weighted by Crippen LogP contribution is -2.07. The van der Waals surface area contributed by atoms with Gasteiger partial charge in [-0.3, -0.25) is 4.79 Å². The molecule has 0 bridgehead atoms. The SMILES string of the molecule is C=C(N)Nc1nc2ccc(CCc3csc(NC(C)=O)n3)cc2[nH]1. The van der Waals surface area contributed by atoms with E-state index in [0.29, 0.717) is 16.9 Å².